The molecule has 1 aliphatic heterocycles. The summed E-state index contributed by atoms with van der Waals surface area (Å²) in [5, 5.41) is 8.89. The van der Waals surface area contributed by atoms with E-state index in [9.17, 15) is 18.0 Å². The summed E-state index contributed by atoms with van der Waals surface area (Å²) in [6.07, 6.45) is -3.15. The molecule has 1 atom stereocenters. The number of carboxylic acid groups (broad SMARTS) is 1. The van der Waals surface area contributed by atoms with Gasteiger partial charge in [-0.2, -0.15) is 8.78 Å². The number of halogens is 3. The summed E-state index contributed by atoms with van der Waals surface area (Å²) < 4.78 is 43.7. The fraction of sp³-hybridized carbons (Fsp3) is 0.357. The van der Waals surface area contributed by atoms with Crippen LogP contribution in [-0.4, -0.2) is 43.0 Å². The molecule has 0 radical (unpaired) electrons. The van der Waals surface area contributed by atoms with Crippen molar-refractivity contribution in [2.45, 2.75) is 18.9 Å². The Balaban J connectivity index is 0.000000891. The standard InChI is InChI=1S/C13H14F3N3O2.CH2O2/c1-13(6-21-5-10(17)19-13)8-4-7(2-3-9(8)14)18-12(20)11(15)16;2-1-3/h2-4,11H,5-6H2,1H3,(H2,17,19)(H,18,20);1H,(H,2,3)/t13-;/m0./s1. The highest BCUT2D eigenvalue weighted by Crippen LogP contribution is 2.32. The van der Waals surface area contributed by atoms with Crippen LogP contribution in [0.3, 0.4) is 0 Å². The molecule has 1 aromatic carbocycles. The Morgan fingerprint density at radius 3 is 2.71 bits per heavy atom. The molecule has 1 heterocycles. The second-order valence-corrected chi connectivity index (χ2v) is 4.96. The number of amides is 1. The summed E-state index contributed by atoms with van der Waals surface area (Å²) in [7, 11) is 0. The monoisotopic (exact) mass is 347 g/mol. The van der Waals surface area contributed by atoms with Crippen LogP contribution in [0.15, 0.2) is 23.2 Å². The molecule has 24 heavy (non-hydrogen) atoms. The Hall–Kier alpha value is -2.62. The molecule has 0 unspecified atom stereocenters. The van der Waals surface area contributed by atoms with E-state index in [0.29, 0.717) is 0 Å². The number of hydrogen-bond acceptors (Lipinski definition) is 5. The molecular formula is C14H16F3N3O4. The summed E-state index contributed by atoms with van der Waals surface area (Å²) in [5.41, 5.74) is 4.68. The van der Waals surface area contributed by atoms with E-state index in [-0.39, 0.29) is 36.8 Å². The number of aliphatic imine (C=N–C) groups is 1. The molecule has 132 valence electrons. The third-order valence-electron chi connectivity index (χ3n) is 3.04. The first-order valence-corrected chi connectivity index (χ1v) is 6.62. The minimum Gasteiger partial charge on any atom is -0.483 e. The zero-order chi connectivity index (χ0) is 18.3. The highest BCUT2D eigenvalue weighted by atomic mass is 19.3. The number of amidine groups is 1. The molecule has 1 aromatic rings. The first-order valence-electron chi connectivity index (χ1n) is 6.62. The van der Waals surface area contributed by atoms with Gasteiger partial charge in [-0.25, -0.2) is 4.39 Å². The number of anilines is 1. The Labute approximate surface area is 135 Å². The molecule has 0 saturated heterocycles. The van der Waals surface area contributed by atoms with E-state index in [1.807, 2.05) is 5.32 Å². The van der Waals surface area contributed by atoms with Crippen molar-refractivity contribution in [3.63, 3.8) is 0 Å². The van der Waals surface area contributed by atoms with Gasteiger partial charge in [0.15, 0.2) is 0 Å². The molecule has 7 nitrogen and oxygen atoms in total. The lowest BCUT2D eigenvalue weighted by Gasteiger charge is -2.30. The lowest BCUT2D eigenvalue weighted by atomic mass is 9.92. The molecule has 1 aliphatic rings. The minimum atomic E-state index is -3.15. The maximum Gasteiger partial charge on any atom is 0.315 e. The molecule has 10 heteroatoms. The van der Waals surface area contributed by atoms with Gasteiger partial charge in [-0.3, -0.25) is 14.6 Å². The number of carbonyl (C=O) groups is 2. The Kier molecular flexibility index (Phi) is 6.71. The van der Waals surface area contributed by atoms with Crippen LogP contribution in [0.1, 0.15) is 12.5 Å². The third-order valence-corrected chi connectivity index (χ3v) is 3.04. The smallest absolute Gasteiger partial charge is 0.315 e. The van der Waals surface area contributed by atoms with Gasteiger partial charge in [-0.15, -0.1) is 0 Å². The number of hydrogen-bond donors (Lipinski definition) is 3. The van der Waals surface area contributed by atoms with Crippen molar-refractivity contribution in [1.82, 2.24) is 0 Å². The van der Waals surface area contributed by atoms with E-state index in [1.54, 1.807) is 6.92 Å². The van der Waals surface area contributed by atoms with Crippen LogP contribution in [0.4, 0.5) is 18.9 Å². The molecule has 0 aromatic heterocycles. The van der Waals surface area contributed by atoms with Crippen LogP contribution in [0.5, 0.6) is 0 Å². The molecule has 0 saturated carbocycles. The molecule has 4 N–H and O–H groups in total. The predicted molar refractivity (Wildman–Crippen MR) is 79.5 cm³/mol. The highest BCUT2D eigenvalue weighted by molar-refractivity contribution is 5.93. The van der Waals surface area contributed by atoms with Crippen molar-refractivity contribution in [1.29, 1.82) is 0 Å². The van der Waals surface area contributed by atoms with Crippen molar-refractivity contribution in [2.75, 3.05) is 18.5 Å². The zero-order valence-electron chi connectivity index (χ0n) is 12.6. The Morgan fingerprint density at radius 2 is 2.17 bits per heavy atom. The van der Waals surface area contributed by atoms with Crippen LogP contribution in [0.25, 0.3) is 0 Å². The maximum atomic E-state index is 14.0. The van der Waals surface area contributed by atoms with Crippen molar-refractivity contribution in [3.05, 3.63) is 29.6 Å². The average molecular weight is 347 g/mol. The normalized spacial score (nSPS) is 19.8. The summed E-state index contributed by atoms with van der Waals surface area (Å²) in [4.78, 5) is 23.5. The van der Waals surface area contributed by atoms with Crippen LogP contribution in [-0.2, 0) is 19.9 Å². The lowest BCUT2D eigenvalue weighted by Crippen LogP contribution is -2.38. The number of ether oxygens (including phenoxy) is 1. The SMILES string of the molecule is C[C@@]1(c2cc(NC(=O)C(F)F)ccc2F)COCC(N)=N1.O=CO. The van der Waals surface area contributed by atoms with Crippen LogP contribution in [0.2, 0.25) is 0 Å². The predicted octanol–water partition coefficient (Wildman–Crippen LogP) is 1.33. The fourth-order valence-electron chi connectivity index (χ4n) is 2.09. The number of alkyl halides is 2. The molecule has 1 amide bonds. The Morgan fingerprint density at radius 1 is 1.54 bits per heavy atom. The van der Waals surface area contributed by atoms with Gasteiger partial charge in [0, 0.05) is 11.3 Å². The zero-order valence-corrected chi connectivity index (χ0v) is 12.6. The van der Waals surface area contributed by atoms with Gasteiger partial charge < -0.3 is 20.9 Å². The van der Waals surface area contributed by atoms with Crippen LogP contribution >= 0.6 is 0 Å². The summed E-state index contributed by atoms with van der Waals surface area (Å²) in [5.74, 6) is -1.83. The topological polar surface area (TPSA) is 114 Å². The van der Waals surface area contributed by atoms with E-state index in [1.165, 1.54) is 12.1 Å². The Bertz CT molecular complexity index is 640. The lowest BCUT2D eigenvalue weighted by molar-refractivity contribution is -0.126. The van der Waals surface area contributed by atoms with Gasteiger partial charge in [0.25, 0.3) is 12.4 Å². The summed E-state index contributed by atoms with van der Waals surface area (Å²) >= 11 is 0. The largest absolute Gasteiger partial charge is 0.483 e. The summed E-state index contributed by atoms with van der Waals surface area (Å²) in [6.45, 7) is 1.60. The van der Waals surface area contributed by atoms with Gasteiger partial charge in [0.05, 0.1) is 6.61 Å². The maximum absolute atomic E-state index is 14.0. The van der Waals surface area contributed by atoms with Crippen molar-refractivity contribution >= 4 is 23.9 Å². The van der Waals surface area contributed by atoms with Crippen molar-refractivity contribution in [2.24, 2.45) is 10.7 Å². The van der Waals surface area contributed by atoms with E-state index < -0.39 is 23.7 Å². The second-order valence-electron chi connectivity index (χ2n) is 4.96. The van der Waals surface area contributed by atoms with Crippen molar-refractivity contribution in [3.8, 4) is 0 Å². The minimum absolute atomic E-state index is 0.0530. The van der Waals surface area contributed by atoms with Crippen LogP contribution < -0.4 is 11.1 Å². The molecular weight excluding hydrogens is 331 g/mol. The first kappa shape index (κ1) is 19.4. The number of carbonyl (C=O) groups excluding carboxylic acids is 1. The number of nitrogens with one attached hydrogen (secondary N) is 1. The fourth-order valence-corrected chi connectivity index (χ4v) is 2.09. The molecule has 0 spiro atoms. The van der Waals surface area contributed by atoms with Gasteiger partial charge in [-0.1, -0.05) is 0 Å². The van der Waals surface area contributed by atoms with Crippen LogP contribution in [0, 0.1) is 5.82 Å². The van der Waals surface area contributed by atoms with Gasteiger partial charge in [0.2, 0.25) is 0 Å². The first-order chi connectivity index (χ1) is 11.2. The average Bonchev–Trinajstić information content (AvgIpc) is 2.49. The van der Waals surface area contributed by atoms with Gasteiger partial charge in [0.1, 0.15) is 23.8 Å². The van der Waals surface area contributed by atoms with E-state index in [4.69, 9.17) is 20.4 Å². The van der Waals surface area contributed by atoms with Gasteiger partial charge >= 0.3 is 6.43 Å². The van der Waals surface area contributed by atoms with Gasteiger partial charge in [-0.05, 0) is 25.1 Å². The molecule has 2 rings (SSSR count). The van der Waals surface area contributed by atoms with E-state index in [2.05, 4.69) is 4.99 Å². The number of benzene rings is 1. The quantitative estimate of drug-likeness (QED) is 0.714. The number of nitrogens with two attached hydrogens (primary N) is 1. The third kappa shape index (κ3) is 4.95. The molecule has 0 fully saturated rings. The van der Waals surface area contributed by atoms with E-state index >= 15 is 0 Å². The molecule has 0 bridgehead atoms. The number of rotatable bonds is 3. The number of nitrogens with zero attached hydrogens (tertiary/aromatic N) is 1. The summed E-state index contributed by atoms with van der Waals surface area (Å²) in [6, 6.07) is 3.52. The van der Waals surface area contributed by atoms with E-state index in [0.717, 1.165) is 6.07 Å². The van der Waals surface area contributed by atoms with Crippen molar-refractivity contribution < 1.29 is 32.6 Å². The highest BCUT2D eigenvalue weighted by Gasteiger charge is 2.33. The molecule has 0 aliphatic carbocycles. The second kappa shape index (κ2) is 8.29.